The van der Waals surface area contributed by atoms with E-state index in [0.717, 1.165) is 12.8 Å². The Kier molecular flexibility index (Phi) is 6.03. The number of piperidine rings is 1. The molecule has 1 aliphatic heterocycles. The van der Waals surface area contributed by atoms with Gasteiger partial charge in [-0.2, -0.15) is 0 Å². The first-order valence-electron chi connectivity index (χ1n) is 10.2. The highest BCUT2D eigenvalue weighted by Gasteiger charge is 2.30. The van der Waals surface area contributed by atoms with E-state index in [1.54, 1.807) is 24.3 Å². The second-order valence-electron chi connectivity index (χ2n) is 7.82. The van der Waals surface area contributed by atoms with E-state index < -0.39 is 4.92 Å². The Balaban J connectivity index is 1.40. The third kappa shape index (κ3) is 5.11. The molecule has 2 aliphatic rings. The molecular formula is C21H22ClN5O4. The van der Waals surface area contributed by atoms with Crippen LogP contribution in [0, 0.1) is 16.0 Å². The molecule has 1 aromatic heterocycles. The zero-order chi connectivity index (χ0) is 22.0. The van der Waals surface area contributed by atoms with Crippen molar-refractivity contribution in [2.45, 2.75) is 31.7 Å². The lowest BCUT2D eigenvalue weighted by Gasteiger charge is -2.32. The van der Waals surface area contributed by atoms with Crippen molar-refractivity contribution in [3.63, 3.8) is 0 Å². The number of halogens is 1. The number of nitro groups is 1. The van der Waals surface area contributed by atoms with Gasteiger partial charge in [0.25, 0.3) is 11.6 Å². The molecule has 162 valence electrons. The van der Waals surface area contributed by atoms with Crippen LogP contribution in [0.1, 0.15) is 36.0 Å². The minimum absolute atomic E-state index is 0.100. The second kappa shape index (κ2) is 8.89. The van der Waals surface area contributed by atoms with Gasteiger partial charge in [-0.1, -0.05) is 11.6 Å². The molecule has 2 fully saturated rings. The SMILES string of the molecule is O=C(NC1CC1)c1ccc(N2CCC(C(=O)Nc3ccc(Cl)cn3)CC2)c([N+](=O)[O-])c1. The Morgan fingerprint density at radius 3 is 2.48 bits per heavy atom. The number of anilines is 2. The summed E-state index contributed by atoms with van der Waals surface area (Å²) in [5, 5.41) is 17.8. The fraction of sp³-hybridized carbons (Fsp3) is 0.381. The highest BCUT2D eigenvalue weighted by molar-refractivity contribution is 6.30. The molecule has 0 radical (unpaired) electrons. The first-order chi connectivity index (χ1) is 14.9. The van der Waals surface area contributed by atoms with Gasteiger partial charge >= 0.3 is 0 Å². The standard InChI is InChI=1S/C21H22ClN5O4/c22-15-2-6-19(23-12-15)25-20(28)13-7-9-26(10-8-13)17-5-1-14(11-18(17)27(30)31)21(29)24-16-3-4-16/h1-2,5-6,11-13,16H,3-4,7-10H2,(H,24,29)(H,23,25,28). The van der Waals surface area contributed by atoms with E-state index in [9.17, 15) is 19.7 Å². The number of nitrogens with one attached hydrogen (secondary N) is 2. The molecule has 2 heterocycles. The third-order valence-corrected chi connectivity index (χ3v) is 5.76. The van der Waals surface area contributed by atoms with Crippen molar-refractivity contribution in [3.8, 4) is 0 Å². The number of benzene rings is 1. The van der Waals surface area contributed by atoms with Crippen LogP contribution in [0.25, 0.3) is 0 Å². The smallest absolute Gasteiger partial charge is 0.293 e. The molecule has 1 saturated heterocycles. The third-order valence-electron chi connectivity index (χ3n) is 5.53. The highest BCUT2D eigenvalue weighted by Crippen LogP contribution is 2.33. The van der Waals surface area contributed by atoms with Crippen LogP contribution >= 0.6 is 11.6 Å². The molecule has 0 unspecified atom stereocenters. The lowest BCUT2D eigenvalue weighted by atomic mass is 9.95. The summed E-state index contributed by atoms with van der Waals surface area (Å²) in [6.45, 7) is 1.00. The Bertz CT molecular complexity index is 1000. The molecule has 0 spiro atoms. The number of nitro benzene ring substituents is 1. The van der Waals surface area contributed by atoms with Crippen LogP contribution in [-0.4, -0.2) is 40.9 Å². The Hall–Kier alpha value is -3.20. The molecule has 1 aromatic carbocycles. The lowest BCUT2D eigenvalue weighted by Crippen LogP contribution is -2.38. The summed E-state index contributed by atoms with van der Waals surface area (Å²) in [5.74, 6) is -0.191. The van der Waals surface area contributed by atoms with E-state index >= 15 is 0 Å². The Morgan fingerprint density at radius 2 is 1.87 bits per heavy atom. The first kappa shape index (κ1) is 21.0. The van der Waals surface area contributed by atoms with E-state index in [1.807, 2.05) is 4.90 Å². The van der Waals surface area contributed by atoms with Crippen LogP contribution in [0.2, 0.25) is 5.02 Å². The largest absolute Gasteiger partial charge is 0.366 e. The van der Waals surface area contributed by atoms with Gasteiger partial charge in [0, 0.05) is 42.9 Å². The number of pyridine rings is 1. The van der Waals surface area contributed by atoms with E-state index in [1.165, 1.54) is 12.3 Å². The molecule has 10 heteroatoms. The van der Waals surface area contributed by atoms with Crippen molar-refractivity contribution in [1.29, 1.82) is 0 Å². The van der Waals surface area contributed by atoms with Crippen molar-refractivity contribution < 1.29 is 14.5 Å². The van der Waals surface area contributed by atoms with E-state index in [-0.39, 0.29) is 35.0 Å². The molecule has 31 heavy (non-hydrogen) atoms. The van der Waals surface area contributed by atoms with Gasteiger partial charge in [0.15, 0.2) is 0 Å². The summed E-state index contributed by atoms with van der Waals surface area (Å²) in [6, 6.07) is 8.04. The number of rotatable bonds is 6. The van der Waals surface area contributed by atoms with Gasteiger partial charge in [0.05, 0.1) is 9.95 Å². The Morgan fingerprint density at radius 1 is 1.13 bits per heavy atom. The van der Waals surface area contributed by atoms with Crippen LogP contribution in [0.15, 0.2) is 36.5 Å². The Labute approximate surface area is 183 Å². The van der Waals surface area contributed by atoms with Gasteiger partial charge < -0.3 is 15.5 Å². The van der Waals surface area contributed by atoms with Crippen molar-refractivity contribution in [2.75, 3.05) is 23.3 Å². The number of carbonyl (C=O) groups excluding carboxylic acids is 2. The fourth-order valence-corrected chi connectivity index (χ4v) is 3.75. The van der Waals surface area contributed by atoms with Crippen molar-refractivity contribution in [3.05, 3.63) is 57.2 Å². The predicted molar refractivity (Wildman–Crippen MR) is 116 cm³/mol. The van der Waals surface area contributed by atoms with Gasteiger partial charge in [-0.3, -0.25) is 19.7 Å². The average molecular weight is 444 g/mol. The topological polar surface area (TPSA) is 117 Å². The van der Waals surface area contributed by atoms with Crippen molar-refractivity contribution >= 4 is 40.6 Å². The van der Waals surface area contributed by atoms with Crippen LogP contribution in [0.4, 0.5) is 17.2 Å². The van der Waals surface area contributed by atoms with E-state index in [0.29, 0.717) is 42.5 Å². The summed E-state index contributed by atoms with van der Waals surface area (Å²) in [6.07, 6.45) is 4.47. The highest BCUT2D eigenvalue weighted by atomic mass is 35.5. The summed E-state index contributed by atoms with van der Waals surface area (Å²) in [7, 11) is 0. The second-order valence-corrected chi connectivity index (χ2v) is 8.26. The van der Waals surface area contributed by atoms with E-state index in [4.69, 9.17) is 11.6 Å². The zero-order valence-corrected chi connectivity index (χ0v) is 17.5. The minimum atomic E-state index is -0.464. The monoisotopic (exact) mass is 443 g/mol. The average Bonchev–Trinajstić information content (AvgIpc) is 3.59. The van der Waals surface area contributed by atoms with Crippen molar-refractivity contribution in [1.82, 2.24) is 10.3 Å². The van der Waals surface area contributed by atoms with Gasteiger partial charge in [0.1, 0.15) is 11.5 Å². The molecule has 2 aromatic rings. The lowest BCUT2D eigenvalue weighted by molar-refractivity contribution is -0.384. The first-order valence-corrected chi connectivity index (χ1v) is 10.5. The number of carbonyl (C=O) groups is 2. The minimum Gasteiger partial charge on any atom is -0.366 e. The molecule has 9 nitrogen and oxygen atoms in total. The molecule has 1 aliphatic carbocycles. The number of hydrogen-bond donors (Lipinski definition) is 2. The number of hydrogen-bond acceptors (Lipinski definition) is 6. The van der Waals surface area contributed by atoms with Gasteiger partial charge in [0.2, 0.25) is 5.91 Å². The van der Waals surface area contributed by atoms with Crippen LogP contribution in [-0.2, 0) is 4.79 Å². The van der Waals surface area contributed by atoms with Crippen molar-refractivity contribution in [2.24, 2.45) is 5.92 Å². The molecule has 2 amide bonds. The number of amides is 2. The molecule has 4 rings (SSSR count). The molecule has 0 bridgehead atoms. The molecular weight excluding hydrogens is 422 g/mol. The fourth-order valence-electron chi connectivity index (χ4n) is 3.64. The zero-order valence-electron chi connectivity index (χ0n) is 16.7. The maximum Gasteiger partial charge on any atom is 0.293 e. The molecule has 2 N–H and O–H groups in total. The number of aromatic nitrogens is 1. The van der Waals surface area contributed by atoms with E-state index in [2.05, 4.69) is 15.6 Å². The quantitative estimate of drug-likeness (QED) is 0.522. The number of nitrogens with zero attached hydrogens (tertiary/aromatic N) is 3. The summed E-state index contributed by atoms with van der Waals surface area (Å²) >= 11 is 5.81. The summed E-state index contributed by atoms with van der Waals surface area (Å²) in [5.41, 5.74) is 0.648. The maximum atomic E-state index is 12.5. The van der Waals surface area contributed by atoms with Gasteiger partial charge in [-0.05, 0) is 49.9 Å². The summed E-state index contributed by atoms with van der Waals surface area (Å²) in [4.78, 5) is 41.9. The molecule has 1 saturated carbocycles. The van der Waals surface area contributed by atoms with Crippen LogP contribution in [0.3, 0.4) is 0 Å². The van der Waals surface area contributed by atoms with Crippen LogP contribution < -0.4 is 15.5 Å². The van der Waals surface area contributed by atoms with Crippen LogP contribution in [0.5, 0.6) is 0 Å². The molecule has 0 atom stereocenters. The summed E-state index contributed by atoms with van der Waals surface area (Å²) < 4.78 is 0. The maximum absolute atomic E-state index is 12.5. The predicted octanol–water partition coefficient (Wildman–Crippen LogP) is 3.39. The van der Waals surface area contributed by atoms with Gasteiger partial charge in [-0.15, -0.1) is 0 Å². The van der Waals surface area contributed by atoms with Gasteiger partial charge in [-0.25, -0.2) is 4.98 Å². The normalized spacial score (nSPS) is 16.6.